The molecule has 6 nitrogen and oxygen atoms in total. The van der Waals surface area contributed by atoms with Crippen molar-refractivity contribution in [3.05, 3.63) is 34.3 Å². The first-order valence-electron chi connectivity index (χ1n) is 5.98. The maximum absolute atomic E-state index is 10.9. The number of hydrogen-bond donors (Lipinski definition) is 1. The molecule has 96 valence electrons. The summed E-state index contributed by atoms with van der Waals surface area (Å²) in [5, 5.41) is 11.7. The van der Waals surface area contributed by atoms with E-state index in [0.717, 1.165) is 30.7 Å². The molecular formula is C12H16N4O2. The average molecular weight is 248 g/mol. The van der Waals surface area contributed by atoms with E-state index in [2.05, 4.69) is 28.7 Å². The highest BCUT2D eigenvalue weighted by atomic mass is 16.6. The standard InChI is InChI=1S/C12H16N4O2/c1-3-15(4-2)8-10-5-9-6-13-7-11(16(17)18)12(9)14-10/h5-7,14H,3-4,8H2,1-2H3. The first-order valence-corrected chi connectivity index (χ1v) is 5.98. The summed E-state index contributed by atoms with van der Waals surface area (Å²) in [6.45, 7) is 6.85. The third kappa shape index (κ3) is 2.33. The third-order valence-electron chi connectivity index (χ3n) is 3.06. The zero-order valence-corrected chi connectivity index (χ0v) is 10.5. The first-order chi connectivity index (χ1) is 8.65. The van der Waals surface area contributed by atoms with Gasteiger partial charge in [0.05, 0.1) is 4.92 Å². The normalized spacial score (nSPS) is 11.3. The van der Waals surface area contributed by atoms with E-state index in [9.17, 15) is 10.1 Å². The second-order valence-corrected chi connectivity index (χ2v) is 4.14. The van der Waals surface area contributed by atoms with Crippen LogP contribution in [0, 0.1) is 10.1 Å². The Balaban J connectivity index is 2.38. The molecule has 2 rings (SSSR count). The van der Waals surface area contributed by atoms with Gasteiger partial charge in [-0.25, -0.2) is 0 Å². The maximum atomic E-state index is 10.9. The first kappa shape index (κ1) is 12.5. The molecule has 1 N–H and O–H groups in total. The number of aromatic amines is 1. The van der Waals surface area contributed by atoms with Gasteiger partial charge in [-0.2, -0.15) is 0 Å². The molecule has 0 aliphatic rings. The number of nitro groups is 1. The smallest absolute Gasteiger partial charge is 0.311 e. The Morgan fingerprint density at radius 3 is 2.72 bits per heavy atom. The van der Waals surface area contributed by atoms with Crippen molar-refractivity contribution in [3.63, 3.8) is 0 Å². The van der Waals surface area contributed by atoms with Crippen molar-refractivity contribution < 1.29 is 4.92 Å². The van der Waals surface area contributed by atoms with Crippen molar-refractivity contribution >= 4 is 16.6 Å². The number of nitrogens with zero attached hydrogens (tertiary/aromatic N) is 3. The molecule has 0 radical (unpaired) electrons. The van der Waals surface area contributed by atoms with Gasteiger partial charge in [-0.05, 0) is 19.2 Å². The minimum atomic E-state index is -0.410. The summed E-state index contributed by atoms with van der Waals surface area (Å²) >= 11 is 0. The Hall–Kier alpha value is -1.95. The molecule has 0 amide bonds. The molecule has 18 heavy (non-hydrogen) atoms. The molecule has 0 fully saturated rings. The zero-order chi connectivity index (χ0) is 13.1. The summed E-state index contributed by atoms with van der Waals surface area (Å²) in [5.41, 5.74) is 1.56. The van der Waals surface area contributed by atoms with Gasteiger partial charge in [-0.15, -0.1) is 0 Å². The third-order valence-corrected chi connectivity index (χ3v) is 3.06. The monoisotopic (exact) mass is 248 g/mol. The maximum Gasteiger partial charge on any atom is 0.311 e. The lowest BCUT2D eigenvalue weighted by atomic mass is 10.3. The van der Waals surface area contributed by atoms with E-state index in [0.29, 0.717) is 5.52 Å². The van der Waals surface area contributed by atoms with E-state index in [-0.39, 0.29) is 5.69 Å². The van der Waals surface area contributed by atoms with E-state index in [4.69, 9.17) is 0 Å². The van der Waals surface area contributed by atoms with Crippen LogP contribution in [0.2, 0.25) is 0 Å². The van der Waals surface area contributed by atoms with Crippen molar-refractivity contribution in [2.45, 2.75) is 20.4 Å². The number of rotatable bonds is 5. The number of H-pyrrole nitrogens is 1. The van der Waals surface area contributed by atoms with Gasteiger partial charge in [0, 0.05) is 23.8 Å². The van der Waals surface area contributed by atoms with Crippen LogP contribution < -0.4 is 0 Å². The average Bonchev–Trinajstić information content (AvgIpc) is 2.77. The van der Waals surface area contributed by atoms with Crippen molar-refractivity contribution in [3.8, 4) is 0 Å². The van der Waals surface area contributed by atoms with E-state index in [1.807, 2.05) is 6.07 Å². The van der Waals surface area contributed by atoms with Gasteiger partial charge in [0.2, 0.25) is 0 Å². The second kappa shape index (κ2) is 5.14. The highest BCUT2D eigenvalue weighted by Gasteiger charge is 2.15. The summed E-state index contributed by atoms with van der Waals surface area (Å²) in [5.74, 6) is 0. The zero-order valence-electron chi connectivity index (χ0n) is 10.5. The van der Waals surface area contributed by atoms with Gasteiger partial charge >= 0.3 is 5.69 Å². The lowest BCUT2D eigenvalue weighted by Gasteiger charge is -2.16. The fraction of sp³-hybridized carbons (Fsp3) is 0.417. The topological polar surface area (TPSA) is 75.1 Å². The molecule has 6 heteroatoms. The van der Waals surface area contributed by atoms with Gasteiger partial charge in [0.1, 0.15) is 11.7 Å². The van der Waals surface area contributed by atoms with Crippen LogP contribution in [0.1, 0.15) is 19.5 Å². The molecule has 0 aliphatic heterocycles. The Morgan fingerprint density at radius 2 is 2.11 bits per heavy atom. The summed E-state index contributed by atoms with van der Waals surface area (Å²) in [4.78, 5) is 19.7. The van der Waals surface area contributed by atoms with E-state index < -0.39 is 4.92 Å². The number of aromatic nitrogens is 2. The largest absolute Gasteiger partial charge is 0.352 e. The van der Waals surface area contributed by atoms with E-state index in [1.54, 1.807) is 6.20 Å². The summed E-state index contributed by atoms with van der Waals surface area (Å²) in [6.07, 6.45) is 2.92. The molecule has 0 aromatic carbocycles. The number of fused-ring (bicyclic) bond motifs is 1. The molecule has 0 saturated heterocycles. The van der Waals surface area contributed by atoms with Gasteiger partial charge in [0.25, 0.3) is 0 Å². The predicted octanol–water partition coefficient (Wildman–Crippen LogP) is 2.31. The van der Waals surface area contributed by atoms with Gasteiger partial charge in [-0.3, -0.25) is 20.0 Å². The summed E-state index contributed by atoms with van der Waals surface area (Å²) in [6, 6.07) is 1.92. The lowest BCUT2D eigenvalue weighted by molar-refractivity contribution is -0.383. The highest BCUT2D eigenvalue weighted by Crippen LogP contribution is 2.24. The van der Waals surface area contributed by atoms with Gasteiger partial charge in [-0.1, -0.05) is 13.8 Å². The Labute approximate surface area is 105 Å². The van der Waals surface area contributed by atoms with E-state index in [1.165, 1.54) is 6.20 Å². The lowest BCUT2D eigenvalue weighted by Crippen LogP contribution is -2.22. The summed E-state index contributed by atoms with van der Waals surface area (Å²) in [7, 11) is 0. The van der Waals surface area contributed by atoms with Crippen LogP contribution in [-0.4, -0.2) is 32.9 Å². The number of nitrogens with one attached hydrogen (secondary N) is 1. The fourth-order valence-corrected chi connectivity index (χ4v) is 2.01. The molecule has 2 heterocycles. The summed E-state index contributed by atoms with van der Waals surface area (Å²) < 4.78 is 0. The minimum Gasteiger partial charge on any atom is -0.352 e. The van der Waals surface area contributed by atoms with Crippen molar-refractivity contribution in [2.75, 3.05) is 13.1 Å². The Bertz CT molecular complexity index is 560. The van der Waals surface area contributed by atoms with Crippen LogP contribution in [0.25, 0.3) is 10.9 Å². The molecule has 2 aromatic rings. The molecular weight excluding hydrogens is 232 g/mol. The van der Waals surface area contributed by atoms with Crippen LogP contribution in [0.3, 0.4) is 0 Å². The van der Waals surface area contributed by atoms with Crippen molar-refractivity contribution in [1.82, 2.24) is 14.9 Å². The highest BCUT2D eigenvalue weighted by molar-refractivity contribution is 5.87. The second-order valence-electron chi connectivity index (χ2n) is 4.14. The Morgan fingerprint density at radius 1 is 1.39 bits per heavy atom. The van der Waals surface area contributed by atoms with E-state index >= 15 is 0 Å². The molecule has 0 unspecified atom stereocenters. The number of pyridine rings is 1. The molecule has 0 aliphatic carbocycles. The van der Waals surface area contributed by atoms with Crippen LogP contribution in [0.4, 0.5) is 5.69 Å². The van der Waals surface area contributed by atoms with Crippen molar-refractivity contribution in [1.29, 1.82) is 0 Å². The van der Waals surface area contributed by atoms with Crippen LogP contribution in [0.5, 0.6) is 0 Å². The molecule has 0 spiro atoms. The quantitative estimate of drug-likeness (QED) is 0.650. The van der Waals surface area contributed by atoms with Crippen LogP contribution >= 0.6 is 0 Å². The minimum absolute atomic E-state index is 0.0262. The molecule has 2 aromatic heterocycles. The Kier molecular flexibility index (Phi) is 3.57. The van der Waals surface area contributed by atoms with Crippen molar-refractivity contribution in [2.24, 2.45) is 0 Å². The van der Waals surface area contributed by atoms with Crippen LogP contribution in [-0.2, 0) is 6.54 Å². The SMILES string of the molecule is CCN(CC)Cc1cc2cncc([N+](=O)[O-])c2[nH]1. The molecule has 0 atom stereocenters. The van der Waals surface area contributed by atoms with Gasteiger partial charge in [0.15, 0.2) is 0 Å². The molecule has 0 bridgehead atoms. The molecule has 0 saturated carbocycles. The predicted molar refractivity (Wildman–Crippen MR) is 69.4 cm³/mol. The number of hydrogen-bond acceptors (Lipinski definition) is 4. The fourth-order valence-electron chi connectivity index (χ4n) is 2.01. The van der Waals surface area contributed by atoms with Crippen LogP contribution in [0.15, 0.2) is 18.5 Å². The van der Waals surface area contributed by atoms with Gasteiger partial charge < -0.3 is 4.98 Å².